The van der Waals surface area contributed by atoms with Crippen molar-refractivity contribution in [3.05, 3.63) is 64.7 Å². The first-order valence-corrected chi connectivity index (χ1v) is 7.83. The van der Waals surface area contributed by atoms with Gasteiger partial charge < -0.3 is 10.1 Å². The first kappa shape index (κ1) is 15.9. The molecule has 0 aliphatic carbocycles. The summed E-state index contributed by atoms with van der Waals surface area (Å²) in [4.78, 5) is 0. The standard InChI is InChI=1S/C18H22ClNO/c1-2-11-20-14-16-13-17(19)8-9-18(16)21-12-10-15-6-4-3-5-7-15/h3-9,13,20H,2,10-12,14H2,1H3. The van der Waals surface area contributed by atoms with E-state index in [-0.39, 0.29) is 0 Å². The van der Waals surface area contributed by atoms with Crippen LogP contribution in [-0.2, 0) is 13.0 Å². The highest BCUT2D eigenvalue weighted by atomic mass is 35.5. The van der Waals surface area contributed by atoms with Gasteiger partial charge in [0.2, 0.25) is 0 Å². The Morgan fingerprint density at radius 1 is 1.10 bits per heavy atom. The summed E-state index contributed by atoms with van der Waals surface area (Å²) in [5.41, 5.74) is 2.40. The van der Waals surface area contributed by atoms with Crippen LogP contribution in [0.2, 0.25) is 5.02 Å². The zero-order valence-corrected chi connectivity index (χ0v) is 13.2. The van der Waals surface area contributed by atoms with Crippen molar-refractivity contribution < 1.29 is 4.74 Å². The van der Waals surface area contributed by atoms with Gasteiger partial charge in [-0.3, -0.25) is 0 Å². The monoisotopic (exact) mass is 303 g/mol. The molecular weight excluding hydrogens is 282 g/mol. The molecule has 0 unspecified atom stereocenters. The molecule has 0 fully saturated rings. The van der Waals surface area contributed by atoms with E-state index in [2.05, 4.69) is 36.5 Å². The average molecular weight is 304 g/mol. The third-order valence-electron chi connectivity index (χ3n) is 3.26. The maximum Gasteiger partial charge on any atom is 0.123 e. The first-order chi connectivity index (χ1) is 10.3. The minimum Gasteiger partial charge on any atom is -0.493 e. The molecule has 112 valence electrons. The molecule has 3 heteroatoms. The molecule has 2 nitrogen and oxygen atoms in total. The van der Waals surface area contributed by atoms with Crippen LogP contribution >= 0.6 is 11.6 Å². The predicted octanol–water partition coefficient (Wildman–Crippen LogP) is 4.46. The molecule has 0 aromatic heterocycles. The second-order valence-corrected chi connectivity index (χ2v) is 5.45. The van der Waals surface area contributed by atoms with Crippen LogP contribution in [0.25, 0.3) is 0 Å². The van der Waals surface area contributed by atoms with Crippen molar-refractivity contribution in [3.63, 3.8) is 0 Å². The topological polar surface area (TPSA) is 21.3 Å². The molecule has 0 aliphatic rings. The lowest BCUT2D eigenvalue weighted by molar-refractivity contribution is 0.317. The van der Waals surface area contributed by atoms with E-state index in [1.807, 2.05) is 24.3 Å². The van der Waals surface area contributed by atoms with Gasteiger partial charge in [-0.05, 0) is 36.7 Å². The highest BCUT2D eigenvalue weighted by molar-refractivity contribution is 6.30. The van der Waals surface area contributed by atoms with Crippen LogP contribution in [0, 0.1) is 0 Å². The van der Waals surface area contributed by atoms with Crippen LogP contribution in [0.5, 0.6) is 5.75 Å². The van der Waals surface area contributed by atoms with E-state index < -0.39 is 0 Å². The molecule has 0 heterocycles. The normalized spacial score (nSPS) is 10.6. The quantitative estimate of drug-likeness (QED) is 0.727. The fraction of sp³-hybridized carbons (Fsp3) is 0.333. The molecule has 0 amide bonds. The van der Waals surface area contributed by atoms with Gasteiger partial charge in [0.25, 0.3) is 0 Å². The minimum absolute atomic E-state index is 0.673. The lowest BCUT2D eigenvalue weighted by Crippen LogP contribution is -2.15. The van der Waals surface area contributed by atoms with E-state index in [1.54, 1.807) is 0 Å². The number of hydrogen-bond donors (Lipinski definition) is 1. The second kappa shape index (κ2) is 8.71. The van der Waals surface area contributed by atoms with E-state index >= 15 is 0 Å². The number of nitrogens with one attached hydrogen (secondary N) is 1. The molecule has 0 bridgehead atoms. The van der Waals surface area contributed by atoms with Gasteiger partial charge in [0.15, 0.2) is 0 Å². The molecular formula is C18H22ClNO. The van der Waals surface area contributed by atoms with Crippen LogP contribution in [-0.4, -0.2) is 13.2 Å². The van der Waals surface area contributed by atoms with Crippen molar-refractivity contribution in [2.24, 2.45) is 0 Å². The SMILES string of the molecule is CCCNCc1cc(Cl)ccc1OCCc1ccccc1. The lowest BCUT2D eigenvalue weighted by Gasteiger charge is -2.12. The highest BCUT2D eigenvalue weighted by Crippen LogP contribution is 2.23. The van der Waals surface area contributed by atoms with Gasteiger partial charge in [-0.15, -0.1) is 0 Å². The maximum atomic E-state index is 6.08. The van der Waals surface area contributed by atoms with Gasteiger partial charge >= 0.3 is 0 Å². The van der Waals surface area contributed by atoms with Crippen molar-refractivity contribution in [1.29, 1.82) is 0 Å². The third kappa shape index (κ3) is 5.41. The molecule has 0 atom stereocenters. The Balaban J connectivity index is 1.92. The van der Waals surface area contributed by atoms with Gasteiger partial charge in [-0.2, -0.15) is 0 Å². The second-order valence-electron chi connectivity index (χ2n) is 5.01. The summed E-state index contributed by atoms with van der Waals surface area (Å²) in [7, 11) is 0. The molecule has 2 aromatic rings. The summed E-state index contributed by atoms with van der Waals surface area (Å²) in [6, 6.07) is 16.2. The highest BCUT2D eigenvalue weighted by Gasteiger charge is 2.05. The molecule has 0 aliphatic heterocycles. The lowest BCUT2D eigenvalue weighted by atomic mass is 10.1. The summed E-state index contributed by atoms with van der Waals surface area (Å²) in [5.74, 6) is 0.916. The van der Waals surface area contributed by atoms with Gasteiger partial charge in [-0.25, -0.2) is 0 Å². The Morgan fingerprint density at radius 2 is 1.90 bits per heavy atom. The van der Waals surface area contributed by atoms with Crippen LogP contribution in [0.1, 0.15) is 24.5 Å². The number of halogens is 1. The molecule has 1 N–H and O–H groups in total. The summed E-state index contributed by atoms with van der Waals surface area (Å²) >= 11 is 6.08. The summed E-state index contributed by atoms with van der Waals surface area (Å²) in [6.07, 6.45) is 2.02. The molecule has 21 heavy (non-hydrogen) atoms. The van der Waals surface area contributed by atoms with Crippen molar-refractivity contribution in [3.8, 4) is 5.75 Å². The third-order valence-corrected chi connectivity index (χ3v) is 3.49. The Morgan fingerprint density at radius 3 is 2.67 bits per heavy atom. The molecule has 0 spiro atoms. The molecule has 2 rings (SSSR count). The van der Waals surface area contributed by atoms with Crippen LogP contribution in [0.4, 0.5) is 0 Å². The summed E-state index contributed by atoms with van der Waals surface area (Å²) in [6.45, 7) is 4.61. The predicted molar refractivity (Wildman–Crippen MR) is 89.1 cm³/mol. The van der Waals surface area contributed by atoms with E-state index in [0.717, 1.165) is 42.3 Å². The Bertz CT molecular complexity index is 542. The smallest absolute Gasteiger partial charge is 0.123 e. The Labute approximate surface area is 132 Å². The molecule has 0 saturated heterocycles. The Kier molecular flexibility index (Phi) is 6.58. The Hall–Kier alpha value is -1.51. The number of hydrogen-bond acceptors (Lipinski definition) is 2. The first-order valence-electron chi connectivity index (χ1n) is 7.45. The fourth-order valence-electron chi connectivity index (χ4n) is 2.15. The van der Waals surface area contributed by atoms with Gasteiger partial charge in [0.05, 0.1) is 6.61 Å². The van der Waals surface area contributed by atoms with Crippen LogP contribution < -0.4 is 10.1 Å². The largest absolute Gasteiger partial charge is 0.493 e. The minimum atomic E-state index is 0.673. The van der Waals surface area contributed by atoms with Crippen LogP contribution in [0.3, 0.4) is 0 Å². The molecule has 0 saturated carbocycles. The molecule has 0 radical (unpaired) electrons. The number of benzene rings is 2. The van der Waals surface area contributed by atoms with Gasteiger partial charge in [0, 0.05) is 23.6 Å². The maximum absolute atomic E-state index is 6.08. The van der Waals surface area contributed by atoms with Crippen molar-refractivity contribution in [2.45, 2.75) is 26.3 Å². The number of rotatable bonds is 8. The van der Waals surface area contributed by atoms with Gasteiger partial charge in [-0.1, -0.05) is 48.9 Å². The zero-order valence-electron chi connectivity index (χ0n) is 12.4. The fourth-order valence-corrected chi connectivity index (χ4v) is 2.35. The van der Waals surface area contributed by atoms with Crippen LogP contribution in [0.15, 0.2) is 48.5 Å². The molecule has 2 aromatic carbocycles. The summed E-state index contributed by atoms with van der Waals surface area (Å²) < 4.78 is 5.93. The van der Waals surface area contributed by atoms with Gasteiger partial charge in [0.1, 0.15) is 5.75 Å². The van der Waals surface area contributed by atoms with E-state index in [9.17, 15) is 0 Å². The van der Waals surface area contributed by atoms with Crippen molar-refractivity contribution >= 4 is 11.6 Å². The van der Waals surface area contributed by atoms with Crippen molar-refractivity contribution in [1.82, 2.24) is 5.32 Å². The summed E-state index contributed by atoms with van der Waals surface area (Å²) in [5, 5.41) is 4.14. The average Bonchev–Trinajstić information content (AvgIpc) is 2.51. The van der Waals surface area contributed by atoms with E-state index in [1.165, 1.54) is 5.56 Å². The zero-order chi connectivity index (χ0) is 14.9. The van der Waals surface area contributed by atoms with E-state index in [4.69, 9.17) is 16.3 Å². The number of ether oxygens (including phenoxy) is 1. The van der Waals surface area contributed by atoms with E-state index in [0.29, 0.717) is 6.61 Å². The van der Waals surface area contributed by atoms with Crippen molar-refractivity contribution in [2.75, 3.05) is 13.2 Å².